The third-order valence-corrected chi connectivity index (χ3v) is 6.02. The lowest BCUT2D eigenvalue weighted by Gasteiger charge is -2.28. The van der Waals surface area contributed by atoms with Gasteiger partial charge in [-0.25, -0.2) is 0 Å². The van der Waals surface area contributed by atoms with Crippen LogP contribution in [0.4, 0.5) is 0 Å². The topological polar surface area (TPSA) is 79.3 Å². The molecule has 0 bridgehead atoms. The molecule has 1 aliphatic rings. The Hall–Kier alpha value is -3.32. The second kappa shape index (κ2) is 11.2. The first-order chi connectivity index (χ1) is 16.3. The van der Waals surface area contributed by atoms with Crippen LogP contribution >= 0.6 is 0 Å². The van der Waals surface area contributed by atoms with Gasteiger partial charge in [-0.3, -0.25) is 9.59 Å². The highest BCUT2D eigenvalue weighted by Crippen LogP contribution is 2.39. The second-order valence-corrected chi connectivity index (χ2v) is 8.48. The Kier molecular flexibility index (Phi) is 8.34. The molecule has 3 rings (SSSR count). The van der Waals surface area contributed by atoms with Gasteiger partial charge in [0.1, 0.15) is 17.3 Å². The Labute approximate surface area is 201 Å². The molecule has 2 aromatic carbocycles. The standard InChI is InChI=1S/C27H34N2O5/c1-6-28(7-2)16-17-29-24(19-8-12-21(33-5)13-9-19)23(26(31)27(29)32)25(30)20-10-14-22(15-11-20)34-18(3)4/h8-15,18,24,30H,6-7,16-17H2,1-5H3/t24-/m1/s1. The number of amides is 1. The van der Waals surface area contributed by atoms with Gasteiger partial charge in [0, 0.05) is 18.7 Å². The first kappa shape index (κ1) is 25.3. The number of nitrogens with zero attached hydrogens (tertiary/aromatic N) is 2. The van der Waals surface area contributed by atoms with Gasteiger partial charge in [0.15, 0.2) is 0 Å². The van der Waals surface area contributed by atoms with E-state index in [0.717, 1.165) is 18.7 Å². The van der Waals surface area contributed by atoms with Gasteiger partial charge in [-0.15, -0.1) is 0 Å². The predicted molar refractivity (Wildman–Crippen MR) is 132 cm³/mol. The number of Topliss-reactive ketones (excluding diaryl/α,β-unsaturated/α-hetero) is 1. The van der Waals surface area contributed by atoms with Crippen molar-refractivity contribution in [3.63, 3.8) is 0 Å². The number of ketones is 1. The van der Waals surface area contributed by atoms with E-state index in [2.05, 4.69) is 18.7 Å². The van der Waals surface area contributed by atoms with Crippen LogP contribution in [0.25, 0.3) is 5.76 Å². The summed E-state index contributed by atoms with van der Waals surface area (Å²) in [6.45, 7) is 10.7. The molecule has 1 atom stereocenters. The van der Waals surface area contributed by atoms with E-state index < -0.39 is 17.7 Å². The number of rotatable bonds is 10. The summed E-state index contributed by atoms with van der Waals surface area (Å²) >= 11 is 0. The molecule has 1 fully saturated rings. The summed E-state index contributed by atoms with van der Waals surface area (Å²) in [5, 5.41) is 11.2. The maximum absolute atomic E-state index is 13.2. The lowest BCUT2D eigenvalue weighted by Crippen LogP contribution is -2.38. The predicted octanol–water partition coefficient (Wildman–Crippen LogP) is 4.25. The number of aliphatic hydroxyl groups excluding tert-OH is 1. The first-order valence-corrected chi connectivity index (χ1v) is 11.7. The smallest absolute Gasteiger partial charge is 0.295 e. The number of likely N-dealkylation sites (tertiary alicyclic amines) is 1. The molecule has 0 aromatic heterocycles. The fourth-order valence-corrected chi connectivity index (χ4v) is 4.15. The highest BCUT2D eigenvalue weighted by Gasteiger charge is 2.45. The summed E-state index contributed by atoms with van der Waals surface area (Å²) in [6.07, 6.45) is 0.0191. The molecule has 1 N–H and O–H groups in total. The molecule has 0 aliphatic carbocycles. The Balaban J connectivity index is 2.04. The van der Waals surface area contributed by atoms with Crippen molar-refractivity contribution >= 4 is 17.4 Å². The zero-order valence-electron chi connectivity index (χ0n) is 20.6. The van der Waals surface area contributed by atoms with Crippen LogP contribution in [-0.2, 0) is 9.59 Å². The highest BCUT2D eigenvalue weighted by atomic mass is 16.5. The van der Waals surface area contributed by atoms with Crippen molar-refractivity contribution in [1.29, 1.82) is 0 Å². The number of hydrogen-bond donors (Lipinski definition) is 1. The molecule has 7 heteroatoms. The fourth-order valence-electron chi connectivity index (χ4n) is 4.15. The van der Waals surface area contributed by atoms with Crippen LogP contribution in [0.2, 0.25) is 0 Å². The number of methoxy groups -OCH3 is 1. The molecule has 34 heavy (non-hydrogen) atoms. The van der Waals surface area contributed by atoms with Crippen LogP contribution in [-0.4, -0.2) is 66.0 Å². The fraction of sp³-hybridized carbons (Fsp3) is 0.407. The first-order valence-electron chi connectivity index (χ1n) is 11.7. The van der Waals surface area contributed by atoms with Crippen molar-refractivity contribution in [2.45, 2.75) is 39.8 Å². The summed E-state index contributed by atoms with van der Waals surface area (Å²) in [7, 11) is 1.58. The van der Waals surface area contributed by atoms with Crippen LogP contribution < -0.4 is 9.47 Å². The molecule has 0 saturated carbocycles. The third kappa shape index (κ3) is 5.42. The zero-order valence-corrected chi connectivity index (χ0v) is 20.6. The van der Waals surface area contributed by atoms with Crippen molar-refractivity contribution in [3.05, 3.63) is 65.2 Å². The molecule has 182 valence electrons. The Morgan fingerprint density at radius 2 is 1.59 bits per heavy atom. The van der Waals surface area contributed by atoms with Crippen molar-refractivity contribution in [3.8, 4) is 11.5 Å². The van der Waals surface area contributed by atoms with Crippen molar-refractivity contribution in [1.82, 2.24) is 9.80 Å². The molecule has 1 heterocycles. The van der Waals surface area contributed by atoms with Gasteiger partial charge in [-0.05, 0) is 68.9 Å². The van der Waals surface area contributed by atoms with Gasteiger partial charge in [-0.1, -0.05) is 26.0 Å². The molecule has 0 spiro atoms. The van der Waals surface area contributed by atoms with E-state index in [-0.39, 0.29) is 17.4 Å². The summed E-state index contributed by atoms with van der Waals surface area (Å²) < 4.78 is 10.9. The van der Waals surface area contributed by atoms with Crippen molar-refractivity contribution in [2.75, 3.05) is 33.3 Å². The van der Waals surface area contributed by atoms with E-state index in [9.17, 15) is 14.7 Å². The summed E-state index contributed by atoms with van der Waals surface area (Å²) in [6, 6.07) is 13.4. The Morgan fingerprint density at radius 3 is 2.12 bits per heavy atom. The van der Waals surface area contributed by atoms with Gasteiger partial charge in [0.25, 0.3) is 11.7 Å². The summed E-state index contributed by atoms with van der Waals surface area (Å²) in [5.74, 6) is -0.141. The second-order valence-electron chi connectivity index (χ2n) is 8.48. The van der Waals surface area contributed by atoms with Gasteiger partial charge in [0.05, 0.1) is 24.8 Å². The lowest BCUT2D eigenvalue weighted by atomic mass is 9.95. The number of benzene rings is 2. The molecule has 2 aromatic rings. The Bertz CT molecular complexity index is 1020. The average molecular weight is 467 g/mol. The van der Waals surface area contributed by atoms with E-state index in [1.807, 2.05) is 26.0 Å². The number of ether oxygens (including phenoxy) is 2. The largest absolute Gasteiger partial charge is 0.507 e. The molecule has 1 amide bonds. The average Bonchev–Trinajstić information content (AvgIpc) is 3.09. The maximum Gasteiger partial charge on any atom is 0.295 e. The van der Waals surface area contributed by atoms with Gasteiger partial charge in [0.2, 0.25) is 0 Å². The third-order valence-electron chi connectivity index (χ3n) is 6.02. The molecule has 7 nitrogen and oxygen atoms in total. The van der Waals surface area contributed by atoms with Crippen molar-refractivity contribution in [2.24, 2.45) is 0 Å². The van der Waals surface area contributed by atoms with E-state index in [1.165, 1.54) is 0 Å². The van der Waals surface area contributed by atoms with E-state index >= 15 is 0 Å². The normalized spacial score (nSPS) is 17.6. The number of likely N-dealkylation sites (N-methyl/N-ethyl adjacent to an activating group) is 1. The van der Waals surface area contributed by atoms with Crippen LogP contribution in [0, 0.1) is 0 Å². The maximum atomic E-state index is 13.2. The monoisotopic (exact) mass is 466 g/mol. The van der Waals surface area contributed by atoms with Crippen LogP contribution in [0.1, 0.15) is 44.9 Å². The number of carbonyl (C=O) groups is 2. The minimum Gasteiger partial charge on any atom is -0.507 e. The van der Waals surface area contributed by atoms with E-state index in [4.69, 9.17) is 9.47 Å². The number of carbonyl (C=O) groups excluding carboxylic acids is 2. The van der Waals surface area contributed by atoms with Gasteiger partial charge in [-0.2, -0.15) is 0 Å². The molecule has 0 radical (unpaired) electrons. The highest BCUT2D eigenvalue weighted by molar-refractivity contribution is 6.46. The van der Waals surface area contributed by atoms with E-state index in [0.29, 0.717) is 30.2 Å². The summed E-state index contributed by atoms with van der Waals surface area (Å²) in [5.41, 5.74) is 1.28. The molecular formula is C27H34N2O5. The molecule has 0 unspecified atom stereocenters. The van der Waals surface area contributed by atoms with Gasteiger partial charge >= 0.3 is 0 Å². The van der Waals surface area contributed by atoms with Crippen LogP contribution in [0.3, 0.4) is 0 Å². The van der Waals surface area contributed by atoms with Crippen molar-refractivity contribution < 1.29 is 24.2 Å². The molecular weight excluding hydrogens is 432 g/mol. The van der Waals surface area contributed by atoms with Crippen LogP contribution in [0.15, 0.2) is 54.1 Å². The molecule has 1 aliphatic heterocycles. The zero-order chi connectivity index (χ0) is 24.8. The van der Waals surface area contributed by atoms with Gasteiger partial charge < -0.3 is 24.4 Å². The molecule has 1 saturated heterocycles. The van der Waals surface area contributed by atoms with Crippen LogP contribution in [0.5, 0.6) is 11.5 Å². The quantitative estimate of drug-likeness (QED) is 0.320. The minimum absolute atomic E-state index is 0.0191. The SMILES string of the molecule is CCN(CC)CCN1C(=O)C(=O)C(=C(O)c2ccc(OC(C)C)cc2)[C@H]1c1ccc(OC)cc1. The number of aliphatic hydroxyl groups is 1. The lowest BCUT2D eigenvalue weighted by molar-refractivity contribution is -0.140. The summed E-state index contributed by atoms with van der Waals surface area (Å²) in [4.78, 5) is 30.0. The number of hydrogen-bond acceptors (Lipinski definition) is 6. The Morgan fingerprint density at radius 1 is 1.00 bits per heavy atom. The minimum atomic E-state index is -0.687. The van der Waals surface area contributed by atoms with E-state index in [1.54, 1.807) is 48.4 Å².